The number of hydrogen-bond acceptors (Lipinski definition) is 7. The van der Waals surface area contributed by atoms with Gasteiger partial charge in [0.2, 0.25) is 11.9 Å². The molecule has 1 fully saturated rings. The highest BCUT2D eigenvalue weighted by atomic mass is 19.1. The lowest BCUT2D eigenvalue weighted by Crippen LogP contribution is -2.19. The van der Waals surface area contributed by atoms with Crippen molar-refractivity contribution in [1.82, 2.24) is 19.9 Å². The highest BCUT2D eigenvalue weighted by Crippen LogP contribution is 2.26. The lowest BCUT2D eigenvalue weighted by atomic mass is 9.89. The second-order valence-corrected chi connectivity index (χ2v) is 8.01. The number of nitrogens with one attached hydrogen (secondary N) is 3. The third-order valence-corrected chi connectivity index (χ3v) is 5.64. The average molecular weight is 441 g/mol. The van der Waals surface area contributed by atoms with E-state index in [-0.39, 0.29) is 23.8 Å². The average Bonchev–Trinajstić information content (AvgIpc) is 3.34. The Morgan fingerprint density at radius 2 is 1.94 bits per heavy atom. The Hall–Kier alpha value is -3.36. The zero-order chi connectivity index (χ0) is 22.3. The lowest BCUT2D eigenvalue weighted by Gasteiger charge is -2.22. The van der Waals surface area contributed by atoms with E-state index in [1.54, 1.807) is 12.1 Å². The van der Waals surface area contributed by atoms with Gasteiger partial charge in [-0.25, -0.2) is 4.39 Å². The summed E-state index contributed by atoms with van der Waals surface area (Å²) < 4.78 is 25.1. The van der Waals surface area contributed by atoms with Crippen LogP contribution in [-0.4, -0.2) is 33.6 Å². The Labute approximate surface area is 187 Å². The minimum atomic E-state index is -0.473. The third kappa shape index (κ3) is 5.66. The number of nitrogens with zero attached hydrogens (tertiary/aromatic N) is 3. The standard InChI is InChI=1S/C23H29FN6O2/c1-15(19-9-6-12-25-19)32-23-29-21(26-14-16-7-4-3-5-8-16)28-22(30-23)27-17-10-11-20(31-2)18(24)13-17/h6,9-13,15-16,25H,3-5,7-8,14H2,1-2H3,(H2,26,27,28,29,30). The molecule has 8 nitrogen and oxygen atoms in total. The minimum absolute atomic E-state index is 0.171. The first kappa shape index (κ1) is 21.9. The van der Waals surface area contributed by atoms with Crippen LogP contribution >= 0.6 is 0 Å². The van der Waals surface area contributed by atoms with Gasteiger partial charge in [0, 0.05) is 24.5 Å². The molecule has 3 aromatic rings. The number of ether oxygens (including phenoxy) is 2. The van der Waals surface area contributed by atoms with E-state index in [2.05, 4.69) is 30.6 Å². The Morgan fingerprint density at radius 1 is 1.12 bits per heavy atom. The summed E-state index contributed by atoms with van der Waals surface area (Å²) in [7, 11) is 1.43. The van der Waals surface area contributed by atoms with E-state index in [0.717, 1.165) is 12.2 Å². The summed E-state index contributed by atoms with van der Waals surface area (Å²) in [6, 6.07) is 8.61. The van der Waals surface area contributed by atoms with Gasteiger partial charge in [0.15, 0.2) is 11.6 Å². The van der Waals surface area contributed by atoms with Crippen LogP contribution in [0.4, 0.5) is 22.0 Å². The number of aromatic nitrogens is 4. The van der Waals surface area contributed by atoms with Gasteiger partial charge in [-0.3, -0.25) is 0 Å². The van der Waals surface area contributed by atoms with Crippen molar-refractivity contribution in [3.05, 3.63) is 48.0 Å². The summed E-state index contributed by atoms with van der Waals surface area (Å²) in [5.74, 6) is 0.999. The molecule has 1 aromatic carbocycles. The number of halogens is 1. The topological polar surface area (TPSA) is 97.0 Å². The molecule has 32 heavy (non-hydrogen) atoms. The van der Waals surface area contributed by atoms with Gasteiger partial charge in [0.1, 0.15) is 6.10 Å². The van der Waals surface area contributed by atoms with Crippen molar-refractivity contribution >= 4 is 17.6 Å². The van der Waals surface area contributed by atoms with Crippen LogP contribution in [0.1, 0.15) is 50.8 Å². The second-order valence-electron chi connectivity index (χ2n) is 8.01. The van der Waals surface area contributed by atoms with E-state index >= 15 is 0 Å². The molecule has 0 spiro atoms. The molecule has 0 saturated heterocycles. The van der Waals surface area contributed by atoms with Crippen LogP contribution in [0.3, 0.4) is 0 Å². The molecule has 2 heterocycles. The van der Waals surface area contributed by atoms with Crippen molar-refractivity contribution in [2.75, 3.05) is 24.3 Å². The first-order valence-corrected chi connectivity index (χ1v) is 11.0. The van der Waals surface area contributed by atoms with E-state index in [4.69, 9.17) is 9.47 Å². The number of methoxy groups -OCH3 is 1. The molecule has 0 amide bonds. The summed E-state index contributed by atoms with van der Waals surface area (Å²) >= 11 is 0. The van der Waals surface area contributed by atoms with E-state index in [0.29, 0.717) is 17.6 Å². The molecule has 170 valence electrons. The minimum Gasteiger partial charge on any atom is -0.494 e. The quantitative estimate of drug-likeness (QED) is 0.419. The smallest absolute Gasteiger partial charge is 0.323 e. The molecule has 3 N–H and O–H groups in total. The molecular weight excluding hydrogens is 411 g/mol. The van der Waals surface area contributed by atoms with Gasteiger partial charge in [0.25, 0.3) is 0 Å². The molecule has 1 aliphatic carbocycles. The maximum atomic E-state index is 14.1. The Bertz CT molecular complexity index is 1010. The van der Waals surface area contributed by atoms with Crippen LogP contribution in [0.5, 0.6) is 11.8 Å². The van der Waals surface area contributed by atoms with Crippen molar-refractivity contribution in [3.63, 3.8) is 0 Å². The summed E-state index contributed by atoms with van der Waals surface area (Å²) in [4.78, 5) is 16.4. The highest BCUT2D eigenvalue weighted by Gasteiger charge is 2.17. The number of rotatable bonds is 9. The SMILES string of the molecule is COc1ccc(Nc2nc(NCC3CCCCC3)nc(OC(C)c3ccc[nH]3)n2)cc1F. The van der Waals surface area contributed by atoms with E-state index in [1.807, 2.05) is 25.3 Å². The molecule has 1 unspecified atom stereocenters. The fourth-order valence-corrected chi connectivity index (χ4v) is 3.86. The third-order valence-electron chi connectivity index (χ3n) is 5.64. The van der Waals surface area contributed by atoms with Gasteiger partial charge in [-0.2, -0.15) is 15.0 Å². The Balaban J connectivity index is 1.53. The fraction of sp³-hybridized carbons (Fsp3) is 0.435. The number of H-pyrrole nitrogens is 1. The van der Waals surface area contributed by atoms with Crippen LogP contribution in [0.15, 0.2) is 36.5 Å². The van der Waals surface area contributed by atoms with Crippen LogP contribution in [0.25, 0.3) is 0 Å². The maximum Gasteiger partial charge on any atom is 0.323 e. The monoisotopic (exact) mass is 440 g/mol. The van der Waals surface area contributed by atoms with Crippen LogP contribution in [0, 0.1) is 11.7 Å². The van der Waals surface area contributed by atoms with Crippen molar-refractivity contribution in [2.45, 2.75) is 45.1 Å². The van der Waals surface area contributed by atoms with Crippen molar-refractivity contribution in [1.29, 1.82) is 0 Å². The molecule has 1 saturated carbocycles. The molecule has 2 aromatic heterocycles. The van der Waals surface area contributed by atoms with Crippen LogP contribution in [-0.2, 0) is 0 Å². The van der Waals surface area contributed by atoms with Gasteiger partial charge >= 0.3 is 6.01 Å². The summed E-state index contributed by atoms with van der Waals surface area (Å²) in [5, 5.41) is 6.37. The predicted octanol–water partition coefficient (Wildman–Crippen LogP) is 5.22. The number of anilines is 3. The van der Waals surface area contributed by atoms with Gasteiger partial charge < -0.3 is 25.1 Å². The van der Waals surface area contributed by atoms with E-state index < -0.39 is 5.82 Å². The molecule has 0 bridgehead atoms. The van der Waals surface area contributed by atoms with Gasteiger partial charge in [-0.1, -0.05) is 19.3 Å². The number of hydrogen-bond donors (Lipinski definition) is 3. The van der Waals surface area contributed by atoms with Crippen molar-refractivity contribution < 1.29 is 13.9 Å². The molecule has 9 heteroatoms. The first-order valence-electron chi connectivity index (χ1n) is 11.0. The molecular formula is C23H29FN6O2. The summed E-state index contributed by atoms with van der Waals surface area (Å²) in [6.07, 6.45) is 7.82. The lowest BCUT2D eigenvalue weighted by molar-refractivity contribution is 0.203. The van der Waals surface area contributed by atoms with Gasteiger partial charge in [-0.05, 0) is 49.9 Å². The molecule has 0 aliphatic heterocycles. The number of aromatic amines is 1. The van der Waals surface area contributed by atoms with E-state index in [9.17, 15) is 4.39 Å². The zero-order valence-electron chi connectivity index (χ0n) is 18.4. The van der Waals surface area contributed by atoms with Gasteiger partial charge in [0.05, 0.1) is 12.8 Å². The van der Waals surface area contributed by atoms with Crippen molar-refractivity contribution in [2.24, 2.45) is 5.92 Å². The van der Waals surface area contributed by atoms with E-state index in [1.165, 1.54) is 45.3 Å². The van der Waals surface area contributed by atoms with Crippen LogP contribution < -0.4 is 20.1 Å². The highest BCUT2D eigenvalue weighted by molar-refractivity contribution is 5.56. The maximum absolute atomic E-state index is 14.1. The first-order chi connectivity index (χ1) is 15.6. The second kappa shape index (κ2) is 10.3. The summed E-state index contributed by atoms with van der Waals surface area (Å²) in [6.45, 7) is 2.71. The zero-order valence-corrected chi connectivity index (χ0v) is 18.4. The van der Waals surface area contributed by atoms with Gasteiger partial charge in [-0.15, -0.1) is 0 Å². The largest absolute Gasteiger partial charge is 0.494 e. The normalized spacial score (nSPS) is 15.2. The summed E-state index contributed by atoms with van der Waals surface area (Å²) in [5.41, 5.74) is 1.41. The fourth-order valence-electron chi connectivity index (χ4n) is 3.86. The Morgan fingerprint density at radius 3 is 2.66 bits per heavy atom. The van der Waals surface area contributed by atoms with Crippen molar-refractivity contribution in [3.8, 4) is 11.8 Å². The van der Waals surface area contributed by atoms with Crippen LogP contribution in [0.2, 0.25) is 0 Å². The Kier molecular flexibility index (Phi) is 7.03. The molecule has 4 rings (SSSR count). The number of benzene rings is 1. The predicted molar refractivity (Wildman–Crippen MR) is 121 cm³/mol. The molecule has 1 aliphatic rings. The molecule has 0 radical (unpaired) electrons. The molecule has 1 atom stereocenters.